The molecule has 0 fully saturated rings. The van der Waals surface area contributed by atoms with Gasteiger partial charge in [-0.15, -0.1) is 0 Å². The van der Waals surface area contributed by atoms with E-state index in [1.165, 1.54) is 11.1 Å². The van der Waals surface area contributed by atoms with E-state index in [4.69, 9.17) is 9.40 Å². The summed E-state index contributed by atoms with van der Waals surface area (Å²) in [7, 11) is 1.90. The van der Waals surface area contributed by atoms with Crippen molar-refractivity contribution in [3.63, 3.8) is 0 Å². The summed E-state index contributed by atoms with van der Waals surface area (Å²) in [4.78, 5) is 4.82. The minimum absolute atomic E-state index is 0.790. The Morgan fingerprint density at radius 3 is 2.72 bits per heavy atom. The number of aromatic nitrogens is 3. The van der Waals surface area contributed by atoms with Crippen molar-refractivity contribution in [1.82, 2.24) is 14.8 Å². The second-order valence-electron chi connectivity index (χ2n) is 6.17. The van der Waals surface area contributed by atoms with Crippen LogP contribution in [-0.2, 0) is 7.05 Å². The van der Waals surface area contributed by atoms with Crippen LogP contribution in [0.25, 0.3) is 39.6 Å². The van der Waals surface area contributed by atoms with Crippen molar-refractivity contribution in [1.29, 1.82) is 0 Å². The van der Waals surface area contributed by atoms with Gasteiger partial charge in [0, 0.05) is 24.4 Å². The van der Waals surface area contributed by atoms with E-state index in [-0.39, 0.29) is 0 Å². The molecule has 4 rings (SSSR count). The molecule has 1 aromatic carbocycles. The van der Waals surface area contributed by atoms with Crippen LogP contribution >= 0.6 is 0 Å². The molecule has 0 bridgehead atoms. The fraction of sp³-hybridized carbons (Fsp3) is 0.143. The molecule has 0 radical (unpaired) electrons. The molecule has 0 unspecified atom stereocenters. The highest BCUT2D eigenvalue weighted by Gasteiger charge is 2.12. The smallest absolute Gasteiger partial charge is 0.153 e. The first-order chi connectivity index (χ1) is 12.2. The van der Waals surface area contributed by atoms with Crippen LogP contribution < -0.4 is 0 Å². The monoisotopic (exact) mass is 329 g/mol. The van der Waals surface area contributed by atoms with E-state index < -0.39 is 0 Å². The lowest BCUT2D eigenvalue weighted by Gasteiger charge is -2.05. The van der Waals surface area contributed by atoms with E-state index in [0.29, 0.717) is 0 Å². The van der Waals surface area contributed by atoms with E-state index >= 15 is 0 Å². The highest BCUT2D eigenvalue weighted by molar-refractivity contribution is 5.92. The summed E-state index contributed by atoms with van der Waals surface area (Å²) in [5, 5.41) is 4.23. The fourth-order valence-electron chi connectivity index (χ4n) is 3.04. The maximum absolute atomic E-state index is 5.72. The zero-order valence-electron chi connectivity index (χ0n) is 14.5. The van der Waals surface area contributed by atoms with Gasteiger partial charge in [-0.25, -0.2) is 4.98 Å². The molecule has 3 aromatic heterocycles. The normalized spacial score (nSPS) is 11.6. The number of allylic oxidation sites excluding steroid dienone is 1. The third-order valence-corrected chi connectivity index (χ3v) is 4.34. The van der Waals surface area contributed by atoms with E-state index in [0.717, 1.165) is 33.5 Å². The van der Waals surface area contributed by atoms with Crippen LogP contribution in [-0.4, -0.2) is 14.8 Å². The molecule has 0 atom stereocenters. The van der Waals surface area contributed by atoms with Gasteiger partial charge in [0.15, 0.2) is 5.58 Å². The van der Waals surface area contributed by atoms with Gasteiger partial charge >= 0.3 is 0 Å². The highest BCUT2D eigenvalue weighted by Crippen LogP contribution is 2.32. The maximum atomic E-state index is 5.72. The van der Waals surface area contributed by atoms with Crippen LogP contribution in [0.15, 0.2) is 59.5 Å². The zero-order chi connectivity index (χ0) is 17.4. The van der Waals surface area contributed by atoms with Crippen LogP contribution in [0.4, 0.5) is 0 Å². The van der Waals surface area contributed by atoms with Gasteiger partial charge in [0.05, 0.1) is 11.9 Å². The Bertz CT molecular complexity index is 1090. The molecule has 0 spiro atoms. The van der Waals surface area contributed by atoms with Crippen LogP contribution in [0, 0.1) is 6.92 Å². The average molecular weight is 329 g/mol. The second-order valence-corrected chi connectivity index (χ2v) is 6.17. The number of hydrogen-bond donors (Lipinski definition) is 0. The van der Waals surface area contributed by atoms with Crippen molar-refractivity contribution in [2.75, 3.05) is 0 Å². The van der Waals surface area contributed by atoms with E-state index in [1.54, 1.807) is 10.9 Å². The maximum Gasteiger partial charge on any atom is 0.153 e. The standard InChI is InChI=1S/C21H19N3O/c1-4-5-15-6-7-16(10-14(15)2)18-13-25-20-9-8-19(23-21(18)20)17-11-22-24(3)12-17/h4-13H,1-3H3. The lowest BCUT2D eigenvalue weighted by Crippen LogP contribution is -1.86. The van der Waals surface area contributed by atoms with E-state index in [1.807, 2.05) is 38.5 Å². The highest BCUT2D eigenvalue weighted by atomic mass is 16.3. The number of aryl methyl sites for hydroxylation is 2. The number of benzene rings is 1. The Kier molecular flexibility index (Phi) is 3.73. The van der Waals surface area contributed by atoms with Crippen molar-refractivity contribution in [2.24, 2.45) is 7.05 Å². The van der Waals surface area contributed by atoms with E-state index in [2.05, 4.69) is 42.4 Å². The Morgan fingerprint density at radius 1 is 1.12 bits per heavy atom. The molecule has 0 aliphatic carbocycles. The molecule has 4 heteroatoms. The number of fused-ring (bicyclic) bond motifs is 1. The number of nitrogens with zero attached hydrogens (tertiary/aromatic N) is 3. The predicted octanol–water partition coefficient (Wildman–Crippen LogP) is 5.24. The number of rotatable bonds is 3. The largest absolute Gasteiger partial charge is 0.462 e. The van der Waals surface area contributed by atoms with Crippen molar-refractivity contribution < 1.29 is 4.42 Å². The van der Waals surface area contributed by atoms with Crippen LogP contribution in [0.3, 0.4) is 0 Å². The van der Waals surface area contributed by atoms with Crippen LogP contribution in [0.2, 0.25) is 0 Å². The summed E-state index contributed by atoms with van der Waals surface area (Å²) in [5.41, 5.74) is 8.13. The molecule has 0 aliphatic heterocycles. The van der Waals surface area contributed by atoms with Gasteiger partial charge in [0.1, 0.15) is 11.8 Å². The average Bonchev–Trinajstić information content (AvgIpc) is 3.22. The predicted molar refractivity (Wildman–Crippen MR) is 101 cm³/mol. The van der Waals surface area contributed by atoms with Crippen molar-refractivity contribution in [3.05, 3.63) is 66.2 Å². The summed E-state index contributed by atoms with van der Waals surface area (Å²) < 4.78 is 7.50. The lowest BCUT2D eigenvalue weighted by atomic mass is 10.0. The summed E-state index contributed by atoms with van der Waals surface area (Å²) in [6, 6.07) is 10.4. The Balaban J connectivity index is 1.83. The van der Waals surface area contributed by atoms with Crippen LogP contribution in [0.1, 0.15) is 18.1 Å². The van der Waals surface area contributed by atoms with Gasteiger partial charge in [0.2, 0.25) is 0 Å². The SMILES string of the molecule is CC=Cc1ccc(-c2coc3ccc(-c4cnn(C)c4)nc23)cc1C. The molecule has 4 nitrogen and oxygen atoms in total. The van der Waals surface area contributed by atoms with Gasteiger partial charge in [0.25, 0.3) is 0 Å². The molecule has 4 aromatic rings. The molecular formula is C21H19N3O. The Labute approximate surface area is 146 Å². The molecule has 3 heterocycles. The van der Waals surface area contributed by atoms with Gasteiger partial charge in [-0.1, -0.05) is 30.4 Å². The Morgan fingerprint density at radius 2 is 2.00 bits per heavy atom. The number of hydrogen-bond acceptors (Lipinski definition) is 3. The third kappa shape index (κ3) is 2.76. The first-order valence-corrected chi connectivity index (χ1v) is 8.26. The van der Waals surface area contributed by atoms with Gasteiger partial charge < -0.3 is 4.42 Å². The number of pyridine rings is 1. The van der Waals surface area contributed by atoms with Gasteiger partial charge in [-0.2, -0.15) is 5.10 Å². The molecule has 0 N–H and O–H groups in total. The minimum atomic E-state index is 0.790. The minimum Gasteiger partial charge on any atom is -0.462 e. The summed E-state index contributed by atoms with van der Waals surface area (Å²) in [6.07, 6.45) is 9.74. The second kappa shape index (κ2) is 6.06. The lowest BCUT2D eigenvalue weighted by molar-refractivity contribution is 0.616. The topological polar surface area (TPSA) is 43.9 Å². The quantitative estimate of drug-likeness (QED) is 0.516. The first-order valence-electron chi connectivity index (χ1n) is 8.26. The fourth-order valence-corrected chi connectivity index (χ4v) is 3.04. The summed E-state index contributed by atoms with van der Waals surface area (Å²) >= 11 is 0. The molecule has 25 heavy (non-hydrogen) atoms. The van der Waals surface area contributed by atoms with Gasteiger partial charge in [-0.05, 0) is 42.7 Å². The zero-order valence-corrected chi connectivity index (χ0v) is 14.5. The molecule has 0 saturated heterocycles. The molecule has 0 amide bonds. The molecule has 124 valence electrons. The summed E-state index contributed by atoms with van der Waals surface area (Å²) in [5.74, 6) is 0. The molecule has 0 aliphatic rings. The molecule has 0 saturated carbocycles. The van der Waals surface area contributed by atoms with Crippen molar-refractivity contribution in [2.45, 2.75) is 13.8 Å². The van der Waals surface area contributed by atoms with Gasteiger partial charge in [-0.3, -0.25) is 4.68 Å². The third-order valence-electron chi connectivity index (χ3n) is 4.34. The van der Waals surface area contributed by atoms with Crippen molar-refractivity contribution >= 4 is 17.2 Å². The van der Waals surface area contributed by atoms with E-state index in [9.17, 15) is 0 Å². The number of furan rings is 1. The van der Waals surface area contributed by atoms with Crippen LogP contribution in [0.5, 0.6) is 0 Å². The summed E-state index contributed by atoms with van der Waals surface area (Å²) in [6.45, 7) is 4.15. The first kappa shape index (κ1) is 15.4. The molecular weight excluding hydrogens is 310 g/mol. The van der Waals surface area contributed by atoms with Crippen molar-refractivity contribution in [3.8, 4) is 22.4 Å². The Hall–Kier alpha value is -3.14.